The van der Waals surface area contributed by atoms with Gasteiger partial charge in [0.2, 0.25) is 0 Å². The van der Waals surface area contributed by atoms with Crippen LogP contribution >= 0.6 is 0 Å². The van der Waals surface area contributed by atoms with Crippen molar-refractivity contribution in [2.75, 3.05) is 0 Å². The summed E-state index contributed by atoms with van der Waals surface area (Å²) in [4.78, 5) is 16.0. The zero-order chi connectivity index (χ0) is 16.1. The number of aromatic nitrogens is 3. The first-order chi connectivity index (χ1) is 11.2. The Morgan fingerprint density at radius 1 is 1.30 bits per heavy atom. The fraction of sp³-hybridized carbons (Fsp3) is 0.188. The van der Waals surface area contributed by atoms with Crippen LogP contribution < -0.4 is 10.1 Å². The van der Waals surface area contributed by atoms with E-state index in [0.29, 0.717) is 12.3 Å². The second-order valence-corrected chi connectivity index (χ2v) is 5.03. The van der Waals surface area contributed by atoms with Crippen molar-refractivity contribution >= 4 is 5.91 Å². The molecule has 0 spiro atoms. The number of benzene rings is 1. The highest BCUT2D eigenvalue weighted by Gasteiger charge is 2.15. The topological polar surface area (TPSA) is 82.2 Å². The first-order valence-electron chi connectivity index (χ1n) is 7.17. The van der Waals surface area contributed by atoms with Gasteiger partial charge in [-0.2, -0.15) is 5.10 Å². The number of hydrogen-bond donors (Lipinski definition) is 1. The van der Waals surface area contributed by atoms with Gasteiger partial charge in [-0.3, -0.25) is 9.48 Å². The molecule has 7 nitrogen and oxygen atoms in total. The molecule has 2 aromatic heterocycles. The van der Waals surface area contributed by atoms with E-state index in [1.165, 1.54) is 6.33 Å². The van der Waals surface area contributed by atoms with Crippen LogP contribution in [-0.4, -0.2) is 26.7 Å². The minimum Gasteiger partial charge on any atom is -0.426 e. The molecule has 1 amide bonds. The SMILES string of the molecule is CC(Cn1cncn1)NC(=O)c1ccc(Oc2ccccc2)o1. The number of rotatable bonds is 6. The molecular formula is C16H16N4O3. The van der Waals surface area contributed by atoms with Gasteiger partial charge in [0, 0.05) is 12.1 Å². The third-order valence-corrected chi connectivity index (χ3v) is 3.07. The predicted octanol–water partition coefficient (Wildman–Crippen LogP) is 2.48. The number of amides is 1. The van der Waals surface area contributed by atoms with Gasteiger partial charge < -0.3 is 14.5 Å². The molecule has 2 heterocycles. The Hall–Kier alpha value is -3.09. The minimum atomic E-state index is -0.305. The summed E-state index contributed by atoms with van der Waals surface area (Å²) < 4.78 is 12.6. The summed E-state index contributed by atoms with van der Waals surface area (Å²) >= 11 is 0. The van der Waals surface area contributed by atoms with Crippen molar-refractivity contribution in [2.24, 2.45) is 0 Å². The average molecular weight is 312 g/mol. The van der Waals surface area contributed by atoms with Gasteiger partial charge >= 0.3 is 0 Å². The van der Waals surface area contributed by atoms with Gasteiger partial charge in [0.05, 0.1) is 6.54 Å². The molecule has 1 aromatic carbocycles. The van der Waals surface area contributed by atoms with Gasteiger partial charge in [0.1, 0.15) is 18.4 Å². The van der Waals surface area contributed by atoms with Gasteiger partial charge in [0.15, 0.2) is 5.76 Å². The lowest BCUT2D eigenvalue weighted by Gasteiger charge is -2.12. The predicted molar refractivity (Wildman–Crippen MR) is 82.2 cm³/mol. The van der Waals surface area contributed by atoms with E-state index in [1.54, 1.807) is 23.1 Å². The van der Waals surface area contributed by atoms with Crippen LogP contribution in [0.3, 0.4) is 0 Å². The van der Waals surface area contributed by atoms with Gasteiger partial charge in [0.25, 0.3) is 11.9 Å². The molecule has 1 N–H and O–H groups in total. The first-order valence-corrected chi connectivity index (χ1v) is 7.17. The minimum absolute atomic E-state index is 0.118. The Morgan fingerprint density at radius 3 is 2.87 bits per heavy atom. The van der Waals surface area contributed by atoms with Crippen molar-refractivity contribution in [1.29, 1.82) is 0 Å². The van der Waals surface area contributed by atoms with Crippen LogP contribution in [0.25, 0.3) is 0 Å². The highest BCUT2D eigenvalue weighted by molar-refractivity contribution is 5.91. The van der Waals surface area contributed by atoms with Crippen molar-refractivity contribution in [3.05, 3.63) is 60.9 Å². The molecule has 23 heavy (non-hydrogen) atoms. The number of carbonyl (C=O) groups excluding carboxylic acids is 1. The lowest BCUT2D eigenvalue weighted by molar-refractivity contribution is 0.0903. The van der Waals surface area contributed by atoms with Crippen LogP contribution in [0.4, 0.5) is 0 Å². The summed E-state index contributed by atoms with van der Waals surface area (Å²) in [6.07, 6.45) is 3.05. The van der Waals surface area contributed by atoms with Crippen LogP contribution in [0.2, 0.25) is 0 Å². The number of para-hydroxylation sites is 1. The molecule has 0 aliphatic rings. The van der Waals surface area contributed by atoms with Crippen molar-refractivity contribution in [2.45, 2.75) is 19.5 Å². The largest absolute Gasteiger partial charge is 0.426 e. The molecule has 118 valence electrons. The third kappa shape index (κ3) is 3.97. The molecule has 0 aliphatic carbocycles. The first kappa shape index (κ1) is 14.8. The highest BCUT2D eigenvalue weighted by Crippen LogP contribution is 2.23. The highest BCUT2D eigenvalue weighted by atomic mass is 16.6. The quantitative estimate of drug-likeness (QED) is 0.756. The number of nitrogens with zero attached hydrogens (tertiary/aromatic N) is 3. The fourth-order valence-corrected chi connectivity index (χ4v) is 2.05. The fourth-order valence-electron chi connectivity index (χ4n) is 2.05. The van der Waals surface area contributed by atoms with Gasteiger partial charge in [-0.1, -0.05) is 18.2 Å². The maximum Gasteiger partial charge on any atom is 0.290 e. The molecule has 1 atom stereocenters. The third-order valence-electron chi connectivity index (χ3n) is 3.07. The van der Waals surface area contributed by atoms with E-state index in [-0.39, 0.29) is 23.7 Å². The number of ether oxygens (including phenoxy) is 1. The molecule has 0 radical (unpaired) electrons. The summed E-state index contributed by atoms with van der Waals surface area (Å²) in [7, 11) is 0. The zero-order valence-corrected chi connectivity index (χ0v) is 12.5. The Bertz CT molecular complexity index is 753. The Balaban J connectivity index is 1.57. The van der Waals surface area contributed by atoms with Crippen molar-refractivity contribution in [3.8, 4) is 11.7 Å². The van der Waals surface area contributed by atoms with E-state index in [1.807, 2.05) is 37.3 Å². The normalized spacial score (nSPS) is 11.9. The second kappa shape index (κ2) is 6.78. The van der Waals surface area contributed by atoms with E-state index in [2.05, 4.69) is 15.4 Å². The summed E-state index contributed by atoms with van der Waals surface area (Å²) in [5.41, 5.74) is 0. The number of furan rings is 1. The Kier molecular flexibility index (Phi) is 4.37. The van der Waals surface area contributed by atoms with Crippen LogP contribution in [0, 0.1) is 0 Å². The molecule has 0 saturated carbocycles. The number of nitrogens with one attached hydrogen (secondary N) is 1. The monoisotopic (exact) mass is 312 g/mol. The molecule has 1 unspecified atom stereocenters. The summed E-state index contributed by atoms with van der Waals surface area (Å²) in [6, 6.07) is 12.3. The van der Waals surface area contributed by atoms with Crippen LogP contribution in [0.1, 0.15) is 17.5 Å². The second-order valence-electron chi connectivity index (χ2n) is 5.03. The lowest BCUT2D eigenvalue weighted by atomic mass is 10.3. The van der Waals surface area contributed by atoms with Crippen LogP contribution in [0.15, 0.2) is 59.5 Å². The Morgan fingerprint density at radius 2 is 2.13 bits per heavy atom. The van der Waals surface area contributed by atoms with Crippen molar-refractivity contribution in [3.63, 3.8) is 0 Å². The van der Waals surface area contributed by atoms with E-state index >= 15 is 0 Å². The Labute approximate surface area is 132 Å². The molecule has 0 aliphatic heterocycles. The molecule has 0 fully saturated rings. The zero-order valence-electron chi connectivity index (χ0n) is 12.5. The molecular weight excluding hydrogens is 296 g/mol. The molecule has 0 bridgehead atoms. The smallest absolute Gasteiger partial charge is 0.290 e. The van der Waals surface area contributed by atoms with Crippen molar-refractivity contribution < 1.29 is 13.9 Å². The number of carbonyl (C=O) groups is 1. The van der Waals surface area contributed by atoms with E-state index in [4.69, 9.17) is 9.15 Å². The average Bonchev–Trinajstić information content (AvgIpc) is 3.20. The van der Waals surface area contributed by atoms with Gasteiger partial charge in [-0.25, -0.2) is 4.98 Å². The van der Waals surface area contributed by atoms with Crippen LogP contribution in [-0.2, 0) is 6.54 Å². The van der Waals surface area contributed by atoms with Gasteiger partial charge in [-0.15, -0.1) is 0 Å². The van der Waals surface area contributed by atoms with E-state index in [9.17, 15) is 4.79 Å². The van der Waals surface area contributed by atoms with Crippen LogP contribution in [0.5, 0.6) is 11.7 Å². The van der Waals surface area contributed by atoms with Crippen molar-refractivity contribution in [1.82, 2.24) is 20.1 Å². The summed E-state index contributed by atoms with van der Waals surface area (Å²) in [6.45, 7) is 2.41. The molecule has 0 saturated heterocycles. The molecule has 3 aromatic rings. The summed E-state index contributed by atoms with van der Waals surface area (Å²) in [5.74, 6) is 0.806. The van der Waals surface area contributed by atoms with E-state index in [0.717, 1.165) is 0 Å². The lowest BCUT2D eigenvalue weighted by Crippen LogP contribution is -2.35. The number of hydrogen-bond acceptors (Lipinski definition) is 5. The summed E-state index contributed by atoms with van der Waals surface area (Å²) in [5, 5.41) is 6.83. The maximum absolute atomic E-state index is 12.1. The molecule has 3 rings (SSSR count). The van der Waals surface area contributed by atoms with E-state index < -0.39 is 0 Å². The standard InChI is InChI=1S/C16H16N4O3/c1-12(9-20-11-17-10-18-20)19-16(21)14-7-8-15(23-14)22-13-5-3-2-4-6-13/h2-8,10-12H,9H2,1H3,(H,19,21). The van der Waals surface area contributed by atoms with Gasteiger partial charge in [-0.05, 0) is 25.1 Å². The molecule has 7 heteroatoms. The maximum atomic E-state index is 12.1.